The quantitative estimate of drug-likeness (QED) is 0.751. The largest absolute Gasteiger partial charge is 0.310 e. The maximum absolute atomic E-state index is 3.55. The molecule has 2 rings (SSSR count). The van der Waals surface area contributed by atoms with E-state index >= 15 is 0 Å². The van der Waals surface area contributed by atoms with Gasteiger partial charge in [0.2, 0.25) is 0 Å². The van der Waals surface area contributed by atoms with Gasteiger partial charge in [-0.1, -0.05) is 38.8 Å². The van der Waals surface area contributed by atoms with Gasteiger partial charge < -0.3 is 5.32 Å². The van der Waals surface area contributed by atoms with E-state index in [2.05, 4.69) is 62.1 Å². The van der Waals surface area contributed by atoms with Crippen LogP contribution in [-0.4, -0.2) is 11.8 Å². The van der Waals surface area contributed by atoms with Crippen LogP contribution in [0.4, 0.5) is 0 Å². The van der Waals surface area contributed by atoms with Gasteiger partial charge in [0.1, 0.15) is 0 Å². The van der Waals surface area contributed by atoms with E-state index in [9.17, 15) is 0 Å². The van der Waals surface area contributed by atoms with Crippen LogP contribution in [0, 0.1) is 5.92 Å². The topological polar surface area (TPSA) is 12.0 Å². The molecule has 1 fully saturated rings. The van der Waals surface area contributed by atoms with Crippen molar-refractivity contribution in [2.24, 2.45) is 5.92 Å². The molecule has 1 aliphatic rings. The molecule has 3 atom stereocenters. The molecule has 0 aromatic heterocycles. The molecule has 0 heterocycles. The van der Waals surface area contributed by atoms with Crippen LogP contribution in [0.2, 0.25) is 0 Å². The maximum atomic E-state index is 3.55. The van der Waals surface area contributed by atoms with Crippen molar-refractivity contribution in [3.8, 4) is 0 Å². The molecule has 1 aromatic carbocycles. The average Bonchev–Trinajstić information content (AvgIpc) is 2.45. The summed E-state index contributed by atoms with van der Waals surface area (Å²) in [6.07, 6.45) is 6.82. The van der Waals surface area contributed by atoms with E-state index in [1.807, 2.05) is 0 Å². The first-order valence-corrected chi connectivity index (χ1v) is 9.07. The fraction of sp³-hybridized carbons (Fsp3) is 0.667. The highest BCUT2D eigenvalue weighted by Gasteiger charge is 2.19. The van der Waals surface area contributed by atoms with Gasteiger partial charge in [0.05, 0.1) is 0 Å². The third-order valence-electron chi connectivity index (χ3n) is 4.27. The summed E-state index contributed by atoms with van der Waals surface area (Å²) in [7, 11) is 0. The molecular formula is C18H29NS. The Morgan fingerprint density at radius 2 is 2.00 bits per heavy atom. The van der Waals surface area contributed by atoms with Gasteiger partial charge in [-0.3, -0.25) is 0 Å². The second kappa shape index (κ2) is 8.09. The second-order valence-electron chi connectivity index (χ2n) is 6.26. The van der Waals surface area contributed by atoms with Crippen LogP contribution in [0.15, 0.2) is 29.2 Å². The lowest BCUT2D eigenvalue weighted by molar-refractivity contribution is 0.394. The Labute approximate surface area is 128 Å². The molecule has 20 heavy (non-hydrogen) atoms. The molecule has 112 valence electrons. The lowest BCUT2D eigenvalue weighted by atomic mass is 9.91. The Bertz CT molecular complexity index is 387. The summed E-state index contributed by atoms with van der Waals surface area (Å²) in [5.74, 6) is 0.916. The molecule has 0 amide bonds. The van der Waals surface area contributed by atoms with Crippen molar-refractivity contribution < 1.29 is 0 Å². The predicted molar refractivity (Wildman–Crippen MR) is 90.4 cm³/mol. The summed E-state index contributed by atoms with van der Waals surface area (Å²) < 4.78 is 0. The molecule has 1 saturated carbocycles. The van der Waals surface area contributed by atoms with Crippen LogP contribution < -0.4 is 5.32 Å². The summed E-state index contributed by atoms with van der Waals surface area (Å²) in [6.45, 7) is 7.96. The van der Waals surface area contributed by atoms with Gasteiger partial charge in [0.15, 0.2) is 0 Å². The zero-order chi connectivity index (χ0) is 14.4. The van der Waals surface area contributed by atoms with Crippen molar-refractivity contribution in [3.63, 3.8) is 0 Å². The fourth-order valence-corrected chi connectivity index (χ4v) is 4.38. The SMILES string of the molecule is CCCNC(C)c1ccc(SC2CCCC(C)C2)cc1. The van der Waals surface area contributed by atoms with Crippen LogP contribution in [0.5, 0.6) is 0 Å². The van der Waals surface area contributed by atoms with E-state index < -0.39 is 0 Å². The number of benzene rings is 1. The Hall–Kier alpha value is -0.470. The Balaban J connectivity index is 1.87. The third kappa shape index (κ3) is 4.82. The normalized spacial score (nSPS) is 24.6. The predicted octanol–water partition coefficient (Wildman–Crippen LogP) is 5.42. The summed E-state index contributed by atoms with van der Waals surface area (Å²) >= 11 is 2.09. The van der Waals surface area contributed by atoms with Crippen LogP contribution in [0.1, 0.15) is 64.5 Å². The van der Waals surface area contributed by atoms with E-state index in [-0.39, 0.29) is 0 Å². The van der Waals surface area contributed by atoms with Crippen molar-refractivity contribution in [1.29, 1.82) is 0 Å². The lowest BCUT2D eigenvalue weighted by Gasteiger charge is -2.26. The number of nitrogens with one attached hydrogen (secondary N) is 1. The molecule has 0 bridgehead atoms. The van der Waals surface area contributed by atoms with E-state index in [0.717, 1.165) is 17.7 Å². The number of hydrogen-bond acceptors (Lipinski definition) is 2. The molecule has 3 unspecified atom stereocenters. The monoisotopic (exact) mass is 291 g/mol. The van der Waals surface area contributed by atoms with Gasteiger partial charge in [0, 0.05) is 16.2 Å². The minimum Gasteiger partial charge on any atom is -0.310 e. The fourth-order valence-electron chi connectivity index (χ4n) is 2.99. The van der Waals surface area contributed by atoms with E-state index in [1.165, 1.54) is 42.6 Å². The van der Waals surface area contributed by atoms with Crippen molar-refractivity contribution in [2.75, 3.05) is 6.54 Å². The van der Waals surface area contributed by atoms with Gasteiger partial charge in [-0.05, 0) is 56.3 Å². The third-order valence-corrected chi connectivity index (χ3v) is 5.58. The smallest absolute Gasteiger partial charge is 0.0291 e. The molecule has 2 heteroatoms. The highest BCUT2D eigenvalue weighted by molar-refractivity contribution is 8.00. The first-order chi connectivity index (χ1) is 9.69. The number of hydrogen-bond donors (Lipinski definition) is 1. The molecule has 0 saturated heterocycles. The molecule has 1 aromatic rings. The van der Waals surface area contributed by atoms with E-state index in [4.69, 9.17) is 0 Å². The number of rotatable bonds is 6. The van der Waals surface area contributed by atoms with Crippen LogP contribution >= 0.6 is 11.8 Å². The Morgan fingerprint density at radius 1 is 1.25 bits per heavy atom. The van der Waals surface area contributed by atoms with Crippen molar-refractivity contribution in [1.82, 2.24) is 5.32 Å². The van der Waals surface area contributed by atoms with Crippen molar-refractivity contribution in [3.05, 3.63) is 29.8 Å². The highest BCUT2D eigenvalue weighted by atomic mass is 32.2. The van der Waals surface area contributed by atoms with Crippen molar-refractivity contribution >= 4 is 11.8 Å². The van der Waals surface area contributed by atoms with Gasteiger partial charge in [0.25, 0.3) is 0 Å². The van der Waals surface area contributed by atoms with Crippen LogP contribution in [-0.2, 0) is 0 Å². The molecule has 1 aliphatic carbocycles. The first kappa shape index (κ1) is 15.9. The minimum absolute atomic E-state index is 0.462. The summed E-state index contributed by atoms with van der Waals surface area (Å²) in [4.78, 5) is 1.44. The van der Waals surface area contributed by atoms with Gasteiger partial charge in [-0.2, -0.15) is 0 Å². The molecule has 1 N–H and O–H groups in total. The van der Waals surface area contributed by atoms with Gasteiger partial charge in [-0.25, -0.2) is 0 Å². The highest BCUT2D eigenvalue weighted by Crippen LogP contribution is 2.36. The van der Waals surface area contributed by atoms with Crippen LogP contribution in [0.3, 0.4) is 0 Å². The molecule has 1 nitrogen and oxygen atoms in total. The molecule has 0 aliphatic heterocycles. The van der Waals surface area contributed by atoms with Crippen molar-refractivity contribution in [2.45, 2.75) is 69.1 Å². The average molecular weight is 292 g/mol. The minimum atomic E-state index is 0.462. The lowest BCUT2D eigenvalue weighted by Crippen LogP contribution is -2.19. The van der Waals surface area contributed by atoms with Crippen LogP contribution in [0.25, 0.3) is 0 Å². The summed E-state index contributed by atoms with van der Waals surface area (Å²) in [5, 5.41) is 4.38. The summed E-state index contributed by atoms with van der Waals surface area (Å²) in [5.41, 5.74) is 1.40. The first-order valence-electron chi connectivity index (χ1n) is 8.19. The Kier molecular flexibility index (Phi) is 6.44. The van der Waals surface area contributed by atoms with Gasteiger partial charge >= 0.3 is 0 Å². The molecule has 0 radical (unpaired) electrons. The molecular weight excluding hydrogens is 262 g/mol. The zero-order valence-corrected chi connectivity index (χ0v) is 14.0. The van der Waals surface area contributed by atoms with E-state index in [1.54, 1.807) is 0 Å². The summed E-state index contributed by atoms with van der Waals surface area (Å²) in [6, 6.07) is 9.67. The number of thioether (sulfide) groups is 1. The standard InChI is InChI=1S/C18H29NS/c1-4-12-19-15(3)16-8-10-17(11-9-16)20-18-7-5-6-14(2)13-18/h8-11,14-15,18-19H,4-7,12-13H2,1-3H3. The zero-order valence-electron chi connectivity index (χ0n) is 13.2. The Morgan fingerprint density at radius 3 is 2.65 bits per heavy atom. The molecule has 0 spiro atoms. The van der Waals surface area contributed by atoms with E-state index in [0.29, 0.717) is 6.04 Å². The second-order valence-corrected chi connectivity index (χ2v) is 7.63. The van der Waals surface area contributed by atoms with Gasteiger partial charge in [-0.15, -0.1) is 11.8 Å². The maximum Gasteiger partial charge on any atom is 0.0291 e.